The van der Waals surface area contributed by atoms with Crippen molar-refractivity contribution in [1.29, 1.82) is 0 Å². The molecule has 0 spiro atoms. The van der Waals surface area contributed by atoms with E-state index in [2.05, 4.69) is 37.1 Å². The van der Waals surface area contributed by atoms with E-state index in [1.54, 1.807) is 30.1 Å². The van der Waals surface area contributed by atoms with Gasteiger partial charge in [0.25, 0.3) is 5.91 Å². The van der Waals surface area contributed by atoms with Gasteiger partial charge >= 0.3 is 0 Å². The molecule has 0 saturated carbocycles. The van der Waals surface area contributed by atoms with E-state index in [1.807, 2.05) is 35.7 Å². The zero-order valence-corrected chi connectivity index (χ0v) is 15.6. The minimum atomic E-state index is -0.317. The van der Waals surface area contributed by atoms with E-state index in [0.717, 1.165) is 0 Å². The summed E-state index contributed by atoms with van der Waals surface area (Å²) < 4.78 is 1.62. The lowest BCUT2D eigenvalue weighted by Crippen LogP contribution is -2.16. The average Bonchev–Trinajstić information content (AvgIpc) is 3.39. The summed E-state index contributed by atoms with van der Waals surface area (Å²) in [7, 11) is 0. The predicted octanol–water partition coefficient (Wildman–Crippen LogP) is 3.41. The number of carbonyl (C=O) groups excluding carboxylic acids is 1. The lowest BCUT2D eigenvalue weighted by molar-refractivity contribution is 0.102. The highest BCUT2D eigenvalue weighted by molar-refractivity contribution is 7.14. The molecule has 4 aromatic rings. The van der Waals surface area contributed by atoms with Crippen molar-refractivity contribution in [2.24, 2.45) is 0 Å². The summed E-state index contributed by atoms with van der Waals surface area (Å²) in [5.41, 5.74) is 2.43. The zero-order chi connectivity index (χ0) is 19.3. The number of nitrogens with one attached hydrogen (secondary N) is 1. The van der Waals surface area contributed by atoms with Crippen molar-refractivity contribution in [2.75, 3.05) is 5.32 Å². The summed E-state index contributed by atoms with van der Waals surface area (Å²) >= 11 is 1.33. The molecule has 0 radical (unpaired) electrons. The number of pyridine rings is 2. The standard InChI is InChI=1S/C20H14N6OS/c1-2-6-14-7-5-8-15(23-14)16-12-28-20(24-16)25-19(27)17-11-21-13-26(17)18-9-3-4-10-22-18/h3-5,7-13H,1H3,(H,24,25,27). The third-order valence-corrected chi connectivity index (χ3v) is 4.51. The first-order valence-electron chi connectivity index (χ1n) is 8.35. The van der Waals surface area contributed by atoms with Gasteiger partial charge in [-0.2, -0.15) is 0 Å². The fourth-order valence-electron chi connectivity index (χ4n) is 2.53. The number of carbonyl (C=O) groups is 1. The fourth-order valence-corrected chi connectivity index (χ4v) is 3.23. The van der Waals surface area contributed by atoms with Crippen LogP contribution in [0.3, 0.4) is 0 Å². The summed E-state index contributed by atoms with van der Waals surface area (Å²) in [6.45, 7) is 1.76. The van der Waals surface area contributed by atoms with Crippen molar-refractivity contribution in [3.63, 3.8) is 0 Å². The molecule has 136 valence electrons. The van der Waals surface area contributed by atoms with Gasteiger partial charge in [-0.3, -0.25) is 14.7 Å². The molecule has 4 heterocycles. The van der Waals surface area contributed by atoms with Crippen LogP contribution in [0.4, 0.5) is 5.13 Å². The Balaban J connectivity index is 1.55. The number of rotatable bonds is 4. The third kappa shape index (κ3) is 3.65. The van der Waals surface area contributed by atoms with Gasteiger partial charge in [0.1, 0.15) is 29.2 Å². The molecule has 0 aliphatic rings. The van der Waals surface area contributed by atoms with Gasteiger partial charge in [0.2, 0.25) is 0 Å². The Morgan fingerprint density at radius 1 is 1.14 bits per heavy atom. The second kappa shape index (κ2) is 7.82. The average molecular weight is 386 g/mol. The van der Waals surface area contributed by atoms with Gasteiger partial charge in [-0.15, -0.1) is 11.3 Å². The second-order valence-corrected chi connectivity index (χ2v) is 6.47. The Morgan fingerprint density at radius 2 is 2.07 bits per heavy atom. The van der Waals surface area contributed by atoms with Gasteiger partial charge in [-0.05, 0) is 37.1 Å². The molecule has 1 amide bonds. The summed E-state index contributed by atoms with van der Waals surface area (Å²) in [6, 6.07) is 11.0. The van der Waals surface area contributed by atoms with Crippen LogP contribution in [0, 0.1) is 11.8 Å². The molecule has 0 atom stereocenters. The van der Waals surface area contributed by atoms with Crippen LogP contribution in [-0.4, -0.2) is 30.4 Å². The van der Waals surface area contributed by atoms with Gasteiger partial charge < -0.3 is 0 Å². The van der Waals surface area contributed by atoms with Gasteiger partial charge in [-0.1, -0.05) is 18.1 Å². The number of aromatic nitrogens is 5. The molecule has 7 nitrogen and oxygen atoms in total. The normalized spacial score (nSPS) is 10.2. The highest BCUT2D eigenvalue weighted by Gasteiger charge is 2.16. The van der Waals surface area contributed by atoms with E-state index in [9.17, 15) is 4.79 Å². The van der Waals surface area contributed by atoms with Gasteiger partial charge in [0.05, 0.1) is 11.9 Å². The Kier molecular flexibility index (Phi) is 4.91. The summed E-state index contributed by atoms with van der Waals surface area (Å²) in [5.74, 6) is 6.05. The third-order valence-electron chi connectivity index (χ3n) is 3.76. The van der Waals surface area contributed by atoms with Gasteiger partial charge in [0.15, 0.2) is 5.13 Å². The monoisotopic (exact) mass is 386 g/mol. The number of hydrogen-bond acceptors (Lipinski definition) is 6. The summed E-state index contributed by atoms with van der Waals surface area (Å²) in [5, 5.41) is 5.13. The first-order chi connectivity index (χ1) is 13.7. The number of nitrogens with zero attached hydrogens (tertiary/aromatic N) is 5. The Hall–Kier alpha value is -3.83. The summed E-state index contributed by atoms with van der Waals surface area (Å²) in [4.78, 5) is 29.9. The number of amides is 1. The Morgan fingerprint density at radius 3 is 2.89 bits per heavy atom. The maximum absolute atomic E-state index is 12.7. The van der Waals surface area contributed by atoms with Crippen molar-refractivity contribution < 1.29 is 4.79 Å². The number of thiazole rings is 1. The van der Waals surface area contributed by atoms with Crippen LogP contribution in [0.2, 0.25) is 0 Å². The van der Waals surface area contributed by atoms with Gasteiger partial charge in [0, 0.05) is 11.6 Å². The topological polar surface area (TPSA) is 85.6 Å². The molecule has 1 N–H and O–H groups in total. The Bertz CT molecular complexity index is 1190. The highest BCUT2D eigenvalue weighted by Crippen LogP contribution is 2.24. The minimum absolute atomic E-state index is 0.317. The van der Waals surface area contributed by atoms with E-state index in [0.29, 0.717) is 33.7 Å². The van der Waals surface area contributed by atoms with Crippen LogP contribution < -0.4 is 5.32 Å². The lowest BCUT2D eigenvalue weighted by atomic mass is 10.2. The molecule has 8 heteroatoms. The fraction of sp³-hybridized carbons (Fsp3) is 0.0500. The molecule has 28 heavy (non-hydrogen) atoms. The second-order valence-electron chi connectivity index (χ2n) is 5.61. The maximum Gasteiger partial charge on any atom is 0.276 e. The van der Waals surface area contributed by atoms with Crippen molar-refractivity contribution >= 4 is 22.4 Å². The Labute approximate surface area is 165 Å². The minimum Gasteiger partial charge on any atom is -0.296 e. The van der Waals surface area contributed by atoms with E-state index in [4.69, 9.17) is 0 Å². The van der Waals surface area contributed by atoms with E-state index >= 15 is 0 Å². The molecule has 0 unspecified atom stereocenters. The number of hydrogen-bond donors (Lipinski definition) is 1. The van der Waals surface area contributed by atoms with Crippen molar-refractivity contribution in [3.8, 4) is 29.0 Å². The molecular weight excluding hydrogens is 372 g/mol. The van der Waals surface area contributed by atoms with Crippen molar-refractivity contribution in [3.05, 3.63) is 71.9 Å². The molecule has 4 rings (SSSR count). The van der Waals surface area contributed by atoms with Crippen LogP contribution in [0.5, 0.6) is 0 Å². The molecule has 0 saturated heterocycles. The quantitative estimate of drug-likeness (QED) is 0.543. The molecule has 0 aliphatic carbocycles. The van der Waals surface area contributed by atoms with E-state index in [1.165, 1.54) is 17.5 Å². The van der Waals surface area contributed by atoms with Crippen LogP contribution in [0.25, 0.3) is 17.2 Å². The van der Waals surface area contributed by atoms with Crippen molar-refractivity contribution in [2.45, 2.75) is 6.92 Å². The SMILES string of the molecule is CC#Cc1cccc(-c2csc(NC(=O)c3cncn3-c3ccccn3)n2)n1. The summed E-state index contributed by atoms with van der Waals surface area (Å²) in [6.07, 6.45) is 4.70. The first-order valence-corrected chi connectivity index (χ1v) is 9.23. The predicted molar refractivity (Wildman–Crippen MR) is 107 cm³/mol. The van der Waals surface area contributed by atoms with Crippen LogP contribution in [0.15, 0.2) is 60.5 Å². The maximum atomic E-state index is 12.7. The van der Waals surface area contributed by atoms with Crippen LogP contribution in [-0.2, 0) is 0 Å². The lowest BCUT2D eigenvalue weighted by Gasteiger charge is -2.06. The van der Waals surface area contributed by atoms with Crippen LogP contribution in [0.1, 0.15) is 23.1 Å². The van der Waals surface area contributed by atoms with Crippen molar-refractivity contribution in [1.82, 2.24) is 24.5 Å². The van der Waals surface area contributed by atoms with E-state index in [-0.39, 0.29) is 5.91 Å². The molecule has 0 aliphatic heterocycles. The number of imidazole rings is 1. The molecule has 0 aromatic carbocycles. The molecular formula is C20H14N6OS. The smallest absolute Gasteiger partial charge is 0.276 e. The van der Waals surface area contributed by atoms with E-state index < -0.39 is 0 Å². The first kappa shape index (κ1) is 17.6. The molecule has 4 aromatic heterocycles. The van der Waals surface area contributed by atoms with Gasteiger partial charge in [-0.25, -0.2) is 19.9 Å². The largest absolute Gasteiger partial charge is 0.296 e. The molecule has 0 bridgehead atoms. The number of anilines is 1. The molecule has 0 fully saturated rings. The van der Waals surface area contributed by atoms with Crippen LogP contribution >= 0.6 is 11.3 Å². The zero-order valence-electron chi connectivity index (χ0n) is 14.8. The highest BCUT2D eigenvalue weighted by atomic mass is 32.1.